The molecule has 0 aliphatic heterocycles. The summed E-state index contributed by atoms with van der Waals surface area (Å²) < 4.78 is 6.70. The van der Waals surface area contributed by atoms with E-state index in [1.165, 1.54) is 12.8 Å². The first-order valence-electron chi connectivity index (χ1n) is 6.20. The molecule has 0 spiro atoms. The predicted molar refractivity (Wildman–Crippen MR) is 79.2 cm³/mol. The van der Waals surface area contributed by atoms with Crippen molar-refractivity contribution in [3.63, 3.8) is 0 Å². The monoisotopic (exact) mass is 386 g/mol. The van der Waals surface area contributed by atoms with Crippen molar-refractivity contribution in [3.8, 4) is 11.6 Å². The van der Waals surface area contributed by atoms with Crippen molar-refractivity contribution in [2.24, 2.45) is 0 Å². The summed E-state index contributed by atoms with van der Waals surface area (Å²) in [6.45, 7) is 0. The molecule has 1 aliphatic rings. The van der Waals surface area contributed by atoms with Crippen molar-refractivity contribution >= 4 is 31.9 Å². The summed E-state index contributed by atoms with van der Waals surface area (Å²) in [4.78, 5) is 19.4. The van der Waals surface area contributed by atoms with Gasteiger partial charge in [-0.3, -0.25) is 4.79 Å². The minimum Gasteiger partial charge on any atom is -0.460 e. The Balaban J connectivity index is 2.12. The molecule has 1 N–H and O–H groups in total. The number of halogens is 2. The number of nitrogens with one attached hydrogen (secondary N) is 1. The molecular weight excluding hydrogens is 376 g/mol. The van der Waals surface area contributed by atoms with Crippen LogP contribution in [0.2, 0.25) is 0 Å². The van der Waals surface area contributed by atoms with E-state index in [2.05, 4.69) is 41.8 Å². The summed E-state index contributed by atoms with van der Waals surface area (Å²) >= 11 is 6.74. The third kappa shape index (κ3) is 2.43. The van der Waals surface area contributed by atoms with Gasteiger partial charge in [-0.15, -0.1) is 0 Å². The van der Waals surface area contributed by atoms with E-state index in [1.807, 2.05) is 0 Å². The van der Waals surface area contributed by atoms with E-state index in [-0.39, 0.29) is 5.56 Å². The Morgan fingerprint density at radius 1 is 1.32 bits per heavy atom. The van der Waals surface area contributed by atoms with Crippen LogP contribution in [0.5, 0.6) is 0 Å². The Kier molecular flexibility index (Phi) is 3.62. The lowest BCUT2D eigenvalue weighted by atomic mass is 10.0. The third-order valence-corrected chi connectivity index (χ3v) is 4.85. The molecule has 6 heteroatoms. The SMILES string of the molecule is O=c1[nH]c(-c2occc2Br)nc(C2CCCC2)c1Br. The van der Waals surface area contributed by atoms with Crippen molar-refractivity contribution < 1.29 is 4.42 Å². The fourth-order valence-corrected chi connectivity index (χ4v) is 3.42. The van der Waals surface area contributed by atoms with Gasteiger partial charge in [0.05, 0.1) is 16.4 Å². The fourth-order valence-electron chi connectivity index (χ4n) is 2.52. The molecule has 0 atom stereocenters. The van der Waals surface area contributed by atoms with E-state index in [1.54, 1.807) is 12.3 Å². The van der Waals surface area contributed by atoms with Gasteiger partial charge in [-0.05, 0) is 50.8 Å². The van der Waals surface area contributed by atoms with Crippen LogP contribution < -0.4 is 5.56 Å². The summed E-state index contributed by atoms with van der Waals surface area (Å²) in [5.74, 6) is 1.40. The lowest BCUT2D eigenvalue weighted by molar-refractivity contribution is 0.573. The standard InChI is InChI=1S/C13H12Br2N2O2/c14-8-5-6-19-11(8)12-16-10(7-3-1-2-4-7)9(15)13(18)17-12/h5-7H,1-4H2,(H,16,17,18). The average molecular weight is 388 g/mol. The Morgan fingerprint density at radius 2 is 2.05 bits per heavy atom. The smallest absolute Gasteiger partial charge is 0.265 e. The molecule has 0 bridgehead atoms. The quantitative estimate of drug-likeness (QED) is 0.839. The van der Waals surface area contributed by atoms with E-state index in [0.717, 1.165) is 23.0 Å². The van der Waals surface area contributed by atoms with Gasteiger partial charge in [0.2, 0.25) is 0 Å². The summed E-state index contributed by atoms with van der Waals surface area (Å²) in [6, 6.07) is 1.78. The summed E-state index contributed by atoms with van der Waals surface area (Å²) in [5, 5.41) is 0. The van der Waals surface area contributed by atoms with Crippen LogP contribution in [-0.2, 0) is 0 Å². The average Bonchev–Trinajstić information content (AvgIpc) is 3.03. The second-order valence-electron chi connectivity index (χ2n) is 4.69. The van der Waals surface area contributed by atoms with Gasteiger partial charge >= 0.3 is 0 Å². The van der Waals surface area contributed by atoms with Crippen LogP contribution in [0, 0.1) is 0 Å². The van der Waals surface area contributed by atoms with Crippen LogP contribution in [0.4, 0.5) is 0 Å². The van der Waals surface area contributed by atoms with Crippen LogP contribution in [0.15, 0.2) is 30.5 Å². The molecule has 3 rings (SSSR count). The normalized spacial score (nSPS) is 16.1. The molecule has 0 amide bonds. The number of rotatable bonds is 2. The molecule has 100 valence electrons. The molecule has 19 heavy (non-hydrogen) atoms. The molecule has 2 aromatic heterocycles. The largest absolute Gasteiger partial charge is 0.460 e. The number of aromatic nitrogens is 2. The first-order valence-corrected chi connectivity index (χ1v) is 7.78. The van der Waals surface area contributed by atoms with Crippen molar-refractivity contribution in [2.45, 2.75) is 31.6 Å². The van der Waals surface area contributed by atoms with Crippen molar-refractivity contribution in [1.82, 2.24) is 9.97 Å². The van der Waals surface area contributed by atoms with E-state index < -0.39 is 0 Å². The van der Waals surface area contributed by atoms with E-state index in [4.69, 9.17) is 4.42 Å². The van der Waals surface area contributed by atoms with Crippen LogP contribution >= 0.6 is 31.9 Å². The molecular formula is C13H12Br2N2O2. The van der Waals surface area contributed by atoms with Crippen molar-refractivity contribution in [2.75, 3.05) is 0 Å². The van der Waals surface area contributed by atoms with Crippen LogP contribution in [-0.4, -0.2) is 9.97 Å². The van der Waals surface area contributed by atoms with Gasteiger partial charge in [-0.1, -0.05) is 12.8 Å². The molecule has 1 aliphatic carbocycles. The molecule has 4 nitrogen and oxygen atoms in total. The predicted octanol–water partition coefficient (Wildman–Crippen LogP) is 4.21. The minimum atomic E-state index is -0.157. The molecule has 0 radical (unpaired) electrons. The first kappa shape index (κ1) is 13.1. The number of aromatic amines is 1. The highest BCUT2D eigenvalue weighted by Gasteiger charge is 2.24. The summed E-state index contributed by atoms with van der Waals surface area (Å²) in [5.41, 5.74) is 0.690. The highest BCUT2D eigenvalue weighted by molar-refractivity contribution is 9.10. The van der Waals surface area contributed by atoms with Gasteiger partial charge in [0.15, 0.2) is 11.6 Å². The van der Waals surface area contributed by atoms with E-state index in [0.29, 0.717) is 22.0 Å². The molecule has 0 unspecified atom stereocenters. The topological polar surface area (TPSA) is 58.9 Å². The van der Waals surface area contributed by atoms with Gasteiger partial charge in [0.1, 0.15) is 4.47 Å². The highest BCUT2D eigenvalue weighted by atomic mass is 79.9. The van der Waals surface area contributed by atoms with Crippen molar-refractivity contribution in [3.05, 3.63) is 37.3 Å². The van der Waals surface area contributed by atoms with Crippen LogP contribution in [0.1, 0.15) is 37.3 Å². The van der Waals surface area contributed by atoms with Gasteiger partial charge in [-0.2, -0.15) is 0 Å². The van der Waals surface area contributed by atoms with Crippen molar-refractivity contribution in [1.29, 1.82) is 0 Å². The number of hydrogen-bond donors (Lipinski definition) is 1. The fraction of sp³-hybridized carbons (Fsp3) is 0.385. The maximum Gasteiger partial charge on any atom is 0.265 e. The molecule has 0 saturated heterocycles. The minimum absolute atomic E-state index is 0.157. The molecule has 2 aromatic rings. The molecule has 2 heterocycles. The molecule has 0 aromatic carbocycles. The summed E-state index contributed by atoms with van der Waals surface area (Å²) in [6.07, 6.45) is 6.15. The zero-order valence-electron chi connectivity index (χ0n) is 10.1. The first-order chi connectivity index (χ1) is 9.16. The second-order valence-corrected chi connectivity index (χ2v) is 6.34. The van der Waals surface area contributed by atoms with Crippen LogP contribution in [0.3, 0.4) is 0 Å². The lowest BCUT2D eigenvalue weighted by Gasteiger charge is -2.11. The molecule has 1 saturated carbocycles. The second kappa shape index (κ2) is 5.25. The number of nitrogens with zero attached hydrogens (tertiary/aromatic N) is 1. The Hall–Kier alpha value is -0.880. The maximum absolute atomic E-state index is 12.0. The zero-order chi connectivity index (χ0) is 13.4. The summed E-state index contributed by atoms with van der Waals surface area (Å²) in [7, 11) is 0. The maximum atomic E-state index is 12.0. The number of furan rings is 1. The Labute approximate surface area is 126 Å². The Morgan fingerprint density at radius 3 is 2.68 bits per heavy atom. The Bertz CT molecular complexity index is 657. The van der Waals surface area contributed by atoms with E-state index >= 15 is 0 Å². The molecule has 1 fully saturated rings. The number of H-pyrrole nitrogens is 1. The van der Waals surface area contributed by atoms with Crippen LogP contribution in [0.25, 0.3) is 11.6 Å². The zero-order valence-corrected chi connectivity index (χ0v) is 13.3. The third-order valence-electron chi connectivity index (χ3n) is 3.46. The van der Waals surface area contributed by atoms with E-state index in [9.17, 15) is 4.79 Å². The number of hydrogen-bond acceptors (Lipinski definition) is 3. The van der Waals surface area contributed by atoms with Gasteiger partial charge < -0.3 is 9.40 Å². The van der Waals surface area contributed by atoms with Gasteiger partial charge in [0, 0.05) is 5.92 Å². The lowest BCUT2D eigenvalue weighted by Crippen LogP contribution is -2.15. The highest BCUT2D eigenvalue weighted by Crippen LogP contribution is 2.36. The van der Waals surface area contributed by atoms with Gasteiger partial charge in [-0.25, -0.2) is 4.98 Å². The van der Waals surface area contributed by atoms with Gasteiger partial charge in [0.25, 0.3) is 5.56 Å².